The summed E-state index contributed by atoms with van der Waals surface area (Å²) in [6.07, 6.45) is 0. The summed E-state index contributed by atoms with van der Waals surface area (Å²) in [5.41, 5.74) is -10.2. The van der Waals surface area contributed by atoms with Crippen LogP contribution in [0.1, 0.15) is 21.4 Å². The molecule has 0 spiro atoms. The van der Waals surface area contributed by atoms with Crippen molar-refractivity contribution in [3.63, 3.8) is 0 Å². The molecule has 0 heterocycles. The van der Waals surface area contributed by atoms with Gasteiger partial charge in [-0.05, 0) is 6.07 Å². The van der Waals surface area contributed by atoms with Crippen LogP contribution in [-0.4, -0.2) is 30.1 Å². The van der Waals surface area contributed by atoms with Crippen LogP contribution in [0.25, 0.3) is 0 Å². The van der Waals surface area contributed by atoms with E-state index in [1.807, 2.05) is 0 Å². The van der Waals surface area contributed by atoms with Crippen molar-refractivity contribution in [2.75, 3.05) is 0 Å². The summed E-state index contributed by atoms with van der Waals surface area (Å²) in [6.45, 7) is 0. The Morgan fingerprint density at radius 3 is 2.17 bits per heavy atom. The van der Waals surface area contributed by atoms with Crippen LogP contribution in [0.15, 0.2) is 24.3 Å². The van der Waals surface area contributed by atoms with Gasteiger partial charge in [-0.3, -0.25) is 0 Å². The zero-order valence-corrected chi connectivity index (χ0v) is 9.36. The minimum absolute atomic E-state index is 0.710. The van der Waals surface area contributed by atoms with E-state index in [1.165, 1.54) is 6.07 Å². The fourth-order valence-electron chi connectivity index (χ4n) is 1.20. The second kappa shape index (κ2) is 4.58. The number of carboxylic acids is 1. The lowest BCUT2D eigenvalue weighted by Crippen LogP contribution is -2.29. The molecule has 0 aliphatic heterocycles. The average molecular weight is 284 g/mol. The predicted molar refractivity (Wildman–Crippen MR) is 53.3 cm³/mol. The molecule has 1 aromatic carbocycles. The molecule has 1 aromatic rings. The Bertz CT molecular complexity index is 564. The van der Waals surface area contributed by atoms with Gasteiger partial charge in [0.2, 0.25) is 0 Å². The minimum Gasteiger partial charge on any atom is -0.478 e. The van der Waals surface area contributed by atoms with E-state index in [1.54, 1.807) is 0 Å². The Kier molecular flexibility index (Phi) is 3.67. The summed E-state index contributed by atoms with van der Waals surface area (Å²) in [7, 11) is -5.89. The Balaban J connectivity index is 3.37. The molecular weight excluding hydrogens is 277 g/mol. The molecule has 0 aromatic heterocycles. The Hall–Kier alpha value is -1.61. The molecule has 1 atom stereocenters. The largest absolute Gasteiger partial charge is 0.500 e. The first kappa shape index (κ1) is 14.5. The van der Waals surface area contributed by atoms with Gasteiger partial charge in [0.05, 0.1) is 5.56 Å². The second-order valence-corrected chi connectivity index (χ2v) is 5.23. The maximum Gasteiger partial charge on any atom is 0.500 e. The van der Waals surface area contributed by atoms with Gasteiger partial charge >= 0.3 is 11.5 Å². The maximum atomic E-state index is 12.2. The number of rotatable bonds is 3. The van der Waals surface area contributed by atoms with Crippen molar-refractivity contribution in [1.82, 2.24) is 0 Å². The third-order valence-electron chi connectivity index (χ3n) is 2.07. The number of hydrogen-bond acceptors (Lipinski definition) is 4. The molecule has 0 aliphatic carbocycles. The van der Waals surface area contributed by atoms with Crippen LogP contribution in [0.2, 0.25) is 0 Å². The molecule has 1 unspecified atom stereocenters. The van der Waals surface area contributed by atoms with Gasteiger partial charge in [-0.2, -0.15) is 13.2 Å². The lowest BCUT2D eigenvalue weighted by molar-refractivity contribution is -0.0476. The van der Waals surface area contributed by atoms with Crippen LogP contribution in [0.3, 0.4) is 0 Å². The molecule has 0 amide bonds. The van der Waals surface area contributed by atoms with E-state index in [0.717, 1.165) is 18.2 Å². The molecule has 1 rings (SSSR count). The molecule has 0 saturated heterocycles. The highest BCUT2D eigenvalue weighted by Crippen LogP contribution is 2.35. The summed E-state index contributed by atoms with van der Waals surface area (Å²) in [6, 6.07) is 4.01. The fourth-order valence-corrected chi connectivity index (χ4v) is 1.99. The summed E-state index contributed by atoms with van der Waals surface area (Å²) in [5.74, 6) is -1.64. The number of alkyl halides is 3. The molecule has 18 heavy (non-hydrogen) atoms. The summed E-state index contributed by atoms with van der Waals surface area (Å²) >= 11 is 0. The van der Waals surface area contributed by atoms with E-state index in [0.29, 0.717) is 0 Å². The predicted octanol–water partition coefficient (Wildman–Crippen LogP) is 1.31. The van der Waals surface area contributed by atoms with Crippen LogP contribution < -0.4 is 0 Å². The van der Waals surface area contributed by atoms with E-state index in [2.05, 4.69) is 0 Å². The van der Waals surface area contributed by atoms with Gasteiger partial charge in [-0.15, -0.1) is 0 Å². The highest BCUT2D eigenvalue weighted by Gasteiger charge is 2.51. The number of hydrogen-bond donors (Lipinski definition) is 2. The molecule has 5 nitrogen and oxygen atoms in total. The molecule has 0 aliphatic rings. The standard InChI is InChI=1S/C9H7F3O5S/c10-9(11,12)18(16,17)8(15)6-4-2-1-3-5(6)7(13)14/h1-4,8,15H,(H,13,14). The number of aromatic carboxylic acids is 1. The second-order valence-electron chi connectivity index (χ2n) is 3.24. The molecule has 0 saturated carbocycles. The summed E-state index contributed by atoms with van der Waals surface area (Å²) < 4.78 is 58.5. The Morgan fingerprint density at radius 2 is 1.72 bits per heavy atom. The Labute approximate surface area is 99.4 Å². The zero-order valence-electron chi connectivity index (χ0n) is 8.55. The number of benzene rings is 1. The monoisotopic (exact) mass is 284 g/mol. The number of sulfone groups is 1. The topological polar surface area (TPSA) is 91.7 Å². The van der Waals surface area contributed by atoms with Crippen LogP contribution in [0, 0.1) is 0 Å². The summed E-state index contributed by atoms with van der Waals surface area (Å²) in [5, 5.41) is 17.9. The van der Waals surface area contributed by atoms with Gasteiger partial charge in [0.25, 0.3) is 9.84 Å². The van der Waals surface area contributed by atoms with E-state index < -0.39 is 37.9 Å². The molecule has 100 valence electrons. The molecule has 0 radical (unpaired) electrons. The maximum absolute atomic E-state index is 12.2. The summed E-state index contributed by atoms with van der Waals surface area (Å²) in [4.78, 5) is 10.7. The van der Waals surface area contributed by atoms with Gasteiger partial charge in [0.1, 0.15) is 0 Å². The van der Waals surface area contributed by atoms with E-state index in [4.69, 9.17) is 5.11 Å². The first-order valence-electron chi connectivity index (χ1n) is 4.39. The SMILES string of the molecule is O=C(O)c1ccccc1C(O)S(=O)(=O)C(F)(F)F. The van der Waals surface area contributed by atoms with Crippen molar-refractivity contribution in [2.45, 2.75) is 10.9 Å². The van der Waals surface area contributed by atoms with Crippen molar-refractivity contribution in [3.8, 4) is 0 Å². The number of carbonyl (C=O) groups is 1. The normalized spacial score (nSPS) is 14.2. The average Bonchev–Trinajstić information content (AvgIpc) is 2.26. The van der Waals surface area contributed by atoms with Crippen molar-refractivity contribution < 1.29 is 36.6 Å². The van der Waals surface area contributed by atoms with Gasteiger partial charge in [-0.25, -0.2) is 13.2 Å². The Morgan fingerprint density at radius 1 is 1.22 bits per heavy atom. The third-order valence-corrected chi connectivity index (χ3v) is 3.56. The van der Waals surface area contributed by atoms with Crippen molar-refractivity contribution >= 4 is 15.8 Å². The first-order chi connectivity index (χ1) is 8.09. The number of aliphatic hydroxyl groups excluding tert-OH is 1. The number of aliphatic hydroxyl groups is 1. The molecule has 0 fully saturated rings. The van der Waals surface area contributed by atoms with Crippen LogP contribution in [0.4, 0.5) is 13.2 Å². The zero-order chi connectivity index (χ0) is 14.1. The van der Waals surface area contributed by atoms with E-state index in [-0.39, 0.29) is 0 Å². The number of carboxylic acid groups (broad SMARTS) is 1. The lowest BCUT2D eigenvalue weighted by atomic mass is 10.1. The molecule has 2 N–H and O–H groups in total. The van der Waals surface area contributed by atoms with Crippen molar-refractivity contribution in [3.05, 3.63) is 35.4 Å². The minimum atomic E-state index is -5.89. The van der Waals surface area contributed by atoms with Gasteiger partial charge in [-0.1, -0.05) is 18.2 Å². The van der Waals surface area contributed by atoms with Gasteiger partial charge in [0, 0.05) is 5.56 Å². The quantitative estimate of drug-likeness (QED) is 0.873. The van der Waals surface area contributed by atoms with Crippen LogP contribution in [0.5, 0.6) is 0 Å². The molecule has 9 heteroatoms. The van der Waals surface area contributed by atoms with Crippen molar-refractivity contribution in [2.24, 2.45) is 0 Å². The first-order valence-corrected chi connectivity index (χ1v) is 5.94. The van der Waals surface area contributed by atoms with Crippen LogP contribution in [-0.2, 0) is 9.84 Å². The highest BCUT2D eigenvalue weighted by molar-refractivity contribution is 7.92. The van der Waals surface area contributed by atoms with Crippen molar-refractivity contribution in [1.29, 1.82) is 0 Å². The molecular formula is C9H7F3O5S. The highest BCUT2D eigenvalue weighted by atomic mass is 32.2. The van der Waals surface area contributed by atoms with Crippen LogP contribution >= 0.6 is 0 Å². The van der Waals surface area contributed by atoms with E-state index in [9.17, 15) is 31.5 Å². The fraction of sp³-hybridized carbons (Fsp3) is 0.222. The van der Waals surface area contributed by atoms with Gasteiger partial charge in [0.15, 0.2) is 5.44 Å². The lowest BCUT2D eigenvalue weighted by Gasteiger charge is -2.16. The molecule has 0 bridgehead atoms. The third kappa shape index (κ3) is 2.46. The van der Waals surface area contributed by atoms with Gasteiger partial charge < -0.3 is 10.2 Å². The smallest absolute Gasteiger partial charge is 0.478 e. The van der Waals surface area contributed by atoms with E-state index >= 15 is 0 Å². The number of halogens is 3.